The van der Waals surface area contributed by atoms with Gasteiger partial charge in [0.25, 0.3) is 6.54 Å². The minimum atomic E-state index is -0.177. The van der Waals surface area contributed by atoms with Gasteiger partial charge in [-0.05, 0) is 34.1 Å². The van der Waals surface area contributed by atoms with Crippen LogP contribution in [-0.4, -0.2) is 19.4 Å². The molecule has 0 fully saturated rings. The maximum absolute atomic E-state index is 11.3. The maximum atomic E-state index is 11.3. The minimum Gasteiger partial charge on any atom is -0.496 e. The first-order valence-corrected chi connectivity index (χ1v) is 4.68. The van der Waals surface area contributed by atoms with Crippen LogP contribution in [0.2, 0.25) is 0 Å². The summed E-state index contributed by atoms with van der Waals surface area (Å²) < 4.78 is 5.74. The highest BCUT2D eigenvalue weighted by atomic mass is 79.9. The first-order valence-electron chi connectivity index (χ1n) is 3.89. The highest BCUT2D eigenvalue weighted by Crippen LogP contribution is 2.25. The SMILES string of the molecule is [C-]#[N+]CC(=O)c1ccc(OC)c(Br)c1. The van der Waals surface area contributed by atoms with Gasteiger partial charge in [0.2, 0.25) is 5.78 Å². The summed E-state index contributed by atoms with van der Waals surface area (Å²) in [6.07, 6.45) is 0. The van der Waals surface area contributed by atoms with Crippen LogP contribution in [0.15, 0.2) is 22.7 Å². The highest BCUT2D eigenvalue weighted by molar-refractivity contribution is 9.10. The van der Waals surface area contributed by atoms with Gasteiger partial charge in [-0.1, -0.05) is 0 Å². The molecule has 0 saturated heterocycles. The molecule has 0 bridgehead atoms. The van der Waals surface area contributed by atoms with E-state index < -0.39 is 0 Å². The van der Waals surface area contributed by atoms with E-state index in [9.17, 15) is 4.79 Å². The van der Waals surface area contributed by atoms with E-state index in [0.29, 0.717) is 11.3 Å². The van der Waals surface area contributed by atoms with Crippen LogP contribution in [0.5, 0.6) is 5.75 Å². The molecule has 0 heterocycles. The number of Topliss-reactive ketones (excluding diaryl/α,β-unsaturated/α-hetero) is 1. The fourth-order valence-electron chi connectivity index (χ4n) is 1.00. The van der Waals surface area contributed by atoms with Crippen LogP contribution < -0.4 is 4.74 Å². The zero-order valence-electron chi connectivity index (χ0n) is 7.58. The summed E-state index contributed by atoms with van der Waals surface area (Å²) >= 11 is 3.27. The predicted octanol–water partition coefficient (Wildman–Crippen LogP) is 2.56. The molecule has 0 amide bonds. The van der Waals surface area contributed by atoms with Gasteiger partial charge in [0.05, 0.1) is 11.6 Å². The van der Waals surface area contributed by atoms with Gasteiger partial charge in [-0.15, -0.1) is 0 Å². The fourth-order valence-corrected chi connectivity index (χ4v) is 1.54. The van der Waals surface area contributed by atoms with Crippen molar-refractivity contribution in [3.63, 3.8) is 0 Å². The molecule has 0 N–H and O–H groups in total. The van der Waals surface area contributed by atoms with E-state index in [1.807, 2.05) is 0 Å². The normalized spacial score (nSPS) is 9.21. The first-order chi connectivity index (χ1) is 6.69. The Morgan fingerprint density at radius 1 is 1.64 bits per heavy atom. The van der Waals surface area contributed by atoms with Crippen molar-refractivity contribution in [2.24, 2.45) is 0 Å². The fraction of sp³-hybridized carbons (Fsp3) is 0.200. The van der Waals surface area contributed by atoms with Gasteiger partial charge in [0.15, 0.2) is 0 Å². The Balaban J connectivity index is 2.98. The van der Waals surface area contributed by atoms with E-state index in [1.165, 1.54) is 0 Å². The molecule has 0 aliphatic heterocycles. The zero-order chi connectivity index (χ0) is 10.6. The van der Waals surface area contributed by atoms with Gasteiger partial charge in [0, 0.05) is 5.56 Å². The molecule has 0 spiro atoms. The molecule has 1 aromatic rings. The number of nitrogens with zero attached hydrogens (tertiary/aromatic N) is 1. The molecule has 0 aliphatic carbocycles. The van der Waals surface area contributed by atoms with Gasteiger partial charge < -0.3 is 9.58 Å². The summed E-state index contributed by atoms with van der Waals surface area (Å²) in [4.78, 5) is 14.4. The average Bonchev–Trinajstić information content (AvgIpc) is 2.18. The Labute approximate surface area is 90.6 Å². The van der Waals surface area contributed by atoms with Crippen LogP contribution in [-0.2, 0) is 0 Å². The van der Waals surface area contributed by atoms with Crippen molar-refractivity contribution in [2.45, 2.75) is 0 Å². The second-order valence-electron chi connectivity index (χ2n) is 2.59. The average molecular weight is 254 g/mol. The third-order valence-electron chi connectivity index (χ3n) is 1.70. The van der Waals surface area contributed by atoms with Gasteiger partial charge >= 0.3 is 0 Å². The summed E-state index contributed by atoms with van der Waals surface area (Å²) in [6, 6.07) is 5.00. The van der Waals surface area contributed by atoms with Crippen molar-refractivity contribution in [1.29, 1.82) is 0 Å². The summed E-state index contributed by atoms with van der Waals surface area (Å²) in [5.74, 6) is 0.493. The number of methoxy groups -OCH3 is 1. The van der Waals surface area contributed by atoms with Crippen molar-refractivity contribution in [2.75, 3.05) is 13.7 Å². The van der Waals surface area contributed by atoms with Gasteiger partial charge in [-0.3, -0.25) is 4.79 Å². The number of halogens is 1. The smallest absolute Gasteiger partial charge is 0.276 e. The maximum Gasteiger partial charge on any atom is 0.276 e. The molecule has 0 radical (unpaired) electrons. The van der Waals surface area contributed by atoms with E-state index >= 15 is 0 Å². The van der Waals surface area contributed by atoms with Crippen LogP contribution in [0.1, 0.15) is 10.4 Å². The van der Waals surface area contributed by atoms with E-state index in [1.54, 1.807) is 25.3 Å². The van der Waals surface area contributed by atoms with Crippen molar-refractivity contribution >= 4 is 21.7 Å². The standard InChI is InChI=1S/C10H8BrNO2/c1-12-6-9(13)7-3-4-10(14-2)8(11)5-7/h3-5H,6H2,2H3. The van der Waals surface area contributed by atoms with E-state index in [0.717, 1.165) is 4.47 Å². The lowest BCUT2D eigenvalue weighted by Crippen LogP contribution is -2.01. The number of carbonyl (C=O) groups is 1. The third-order valence-corrected chi connectivity index (χ3v) is 2.32. The van der Waals surface area contributed by atoms with Crippen LogP contribution in [0, 0.1) is 6.57 Å². The number of hydrogen-bond donors (Lipinski definition) is 0. The molecule has 4 heteroatoms. The van der Waals surface area contributed by atoms with E-state index in [4.69, 9.17) is 11.3 Å². The summed E-state index contributed by atoms with van der Waals surface area (Å²) in [5, 5.41) is 0. The zero-order valence-corrected chi connectivity index (χ0v) is 9.17. The number of benzene rings is 1. The number of hydrogen-bond acceptors (Lipinski definition) is 2. The second kappa shape index (κ2) is 4.77. The molecule has 0 unspecified atom stereocenters. The molecule has 3 nitrogen and oxygen atoms in total. The van der Waals surface area contributed by atoms with E-state index in [2.05, 4.69) is 20.8 Å². The topological polar surface area (TPSA) is 30.7 Å². The Kier molecular flexibility index (Phi) is 3.66. The van der Waals surface area contributed by atoms with Gasteiger partial charge in [-0.2, -0.15) is 0 Å². The number of carbonyl (C=O) groups excluding carboxylic acids is 1. The largest absolute Gasteiger partial charge is 0.496 e. The molecule has 0 atom stereocenters. The lowest BCUT2D eigenvalue weighted by Gasteiger charge is -2.03. The molecular formula is C10H8BrNO2. The molecule has 1 aromatic carbocycles. The van der Waals surface area contributed by atoms with Crippen LogP contribution in [0.3, 0.4) is 0 Å². The Morgan fingerprint density at radius 3 is 2.86 bits per heavy atom. The van der Waals surface area contributed by atoms with Crippen molar-refractivity contribution in [3.8, 4) is 5.75 Å². The summed E-state index contributed by atoms with van der Waals surface area (Å²) in [7, 11) is 1.56. The lowest BCUT2D eigenvalue weighted by molar-refractivity contribution is 0.101. The summed E-state index contributed by atoms with van der Waals surface area (Å²) in [5.41, 5.74) is 0.522. The van der Waals surface area contributed by atoms with Crippen LogP contribution in [0.4, 0.5) is 0 Å². The van der Waals surface area contributed by atoms with Crippen LogP contribution in [0.25, 0.3) is 4.85 Å². The van der Waals surface area contributed by atoms with Crippen molar-refractivity contribution < 1.29 is 9.53 Å². The third kappa shape index (κ3) is 2.33. The van der Waals surface area contributed by atoms with Crippen molar-refractivity contribution in [3.05, 3.63) is 39.7 Å². The van der Waals surface area contributed by atoms with Gasteiger partial charge in [0.1, 0.15) is 5.75 Å². The Bertz CT molecular complexity index is 396. The molecule has 72 valence electrons. The number of rotatable bonds is 3. The van der Waals surface area contributed by atoms with Crippen molar-refractivity contribution in [1.82, 2.24) is 0 Å². The number of ketones is 1. The van der Waals surface area contributed by atoms with Crippen LogP contribution >= 0.6 is 15.9 Å². The molecule has 1 rings (SSSR count). The number of ether oxygens (including phenoxy) is 1. The lowest BCUT2D eigenvalue weighted by atomic mass is 10.1. The quantitative estimate of drug-likeness (QED) is 0.613. The molecule has 0 saturated carbocycles. The molecule has 14 heavy (non-hydrogen) atoms. The minimum absolute atomic E-state index is 0.112. The predicted molar refractivity (Wildman–Crippen MR) is 56.5 cm³/mol. The van der Waals surface area contributed by atoms with Gasteiger partial charge in [-0.25, -0.2) is 6.57 Å². The Morgan fingerprint density at radius 2 is 2.36 bits per heavy atom. The molecule has 0 aromatic heterocycles. The molecule has 0 aliphatic rings. The molecular weight excluding hydrogens is 246 g/mol. The Hall–Kier alpha value is -1.34. The first kappa shape index (κ1) is 10.7. The second-order valence-corrected chi connectivity index (χ2v) is 3.44. The monoisotopic (exact) mass is 253 g/mol. The highest BCUT2D eigenvalue weighted by Gasteiger charge is 2.10. The van der Waals surface area contributed by atoms with E-state index in [-0.39, 0.29) is 12.3 Å². The summed E-state index contributed by atoms with van der Waals surface area (Å²) in [6.45, 7) is 6.47.